The van der Waals surface area contributed by atoms with Crippen molar-refractivity contribution >= 4 is 65.0 Å². The van der Waals surface area contributed by atoms with Crippen molar-refractivity contribution in [1.82, 2.24) is 23.8 Å². The number of hydrogen-bond donors (Lipinski definition) is 1. The predicted octanol–water partition coefficient (Wildman–Crippen LogP) is 2.78. The molecule has 1 aliphatic rings. The topological polar surface area (TPSA) is 130 Å². The van der Waals surface area contributed by atoms with E-state index in [1.165, 1.54) is 10.6 Å². The van der Waals surface area contributed by atoms with Crippen molar-refractivity contribution in [3.63, 3.8) is 0 Å². The Morgan fingerprint density at radius 3 is 2.50 bits per heavy atom. The van der Waals surface area contributed by atoms with Gasteiger partial charge >= 0.3 is 0 Å². The molecular formula is C24H24BrN7O4S2. The number of carbonyl (C=O) groups is 1. The molecule has 1 saturated heterocycles. The summed E-state index contributed by atoms with van der Waals surface area (Å²) in [4.78, 5) is 41.7. The number of nitrogens with one attached hydrogen (secondary N) is 1. The number of piperazine rings is 1. The summed E-state index contributed by atoms with van der Waals surface area (Å²) in [5, 5.41) is 2.81. The van der Waals surface area contributed by atoms with Gasteiger partial charge in [-0.3, -0.25) is 14.2 Å². The van der Waals surface area contributed by atoms with Gasteiger partial charge < -0.3 is 10.2 Å². The normalized spacial score (nSPS) is 14.7. The van der Waals surface area contributed by atoms with Gasteiger partial charge in [0.2, 0.25) is 21.9 Å². The van der Waals surface area contributed by atoms with E-state index in [9.17, 15) is 18.0 Å². The molecule has 1 amide bonds. The molecular weight excluding hydrogens is 594 g/mol. The van der Waals surface area contributed by atoms with Crippen LogP contribution in [0.5, 0.6) is 0 Å². The molecule has 4 aromatic rings. The Kier molecular flexibility index (Phi) is 7.31. The second kappa shape index (κ2) is 10.5. The fraction of sp³-hybridized carbons (Fsp3) is 0.292. The maximum atomic E-state index is 13.7. The summed E-state index contributed by atoms with van der Waals surface area (Å²) in [5.74, 6) is 0.125. The van der Waals surface area contributed by atoms with E-state index in [2.05, 4.69) is 36.2 Å². The number of rotatable bonds is 6. The maximum absolute atomic E-state index is 13.7. The number of anilines is 2. The number of benzene rings is 1. The minimum absolute atomic E-state index is 0.0106. The van der Waals surface area contributed by atoms with Crippen molar-refractivity contribution in [2.45, 2.75) is 25.3 Å². The third-order valence-electron chi connectivity index (χ3n) is 6.25. The summed E-state index contributed by atoms with van der Waals surface area (Å²) in [6.45, 7) is 4.51. The lowest BCUT2D eigenvalue weighted by atomic mass is 10.2. The Balaban J connectivity index is 1.40. The number of amides is 1. The molecule has 4 heterocycles. The molecule has 3 aromatic heterocycles. The standard InChI is InChI=1S/C24H24BrN7O4S2/c1-15-12-17(25)4-5-18(15)29-19(33)13-31-14-28-22-20(23(31)34)21(16(2)37-22)38(35,36)32-10-8-30(9-11-32)24-26-6-3-7-27-24/h3-7,12,14H,8-11,13H2,1-2H3,(H,29,33). The van der Waals surface area contributed by atoms with E-state index in [1.807, 2.05) is 17.9 Å². The molecule has 11 nitrogen and oxygen atoms in total. The SMILES string of the molecule is Cc1cc(Br)ccc1NC(=O)Cn1cnc2sc(C)c(S(=O)(=O)N3CCN(c4ncccn4)CC3)c2c1=O. The molecule has 198 valence electrons. The number of aromatic nitrogens is 4. The van der Waals surface area contributed by atoms with E-state index >= 15 is 0 Å². The fourth-order valence-corrected chi connectivity index (χ4v) is 7.92. The third-order valence-corrected chi connectivity index (χ3v) is 9.95. The molecule has 5 rings (SSSR count). The molecule has 14 heteroatoms. The highest BCUT2D eigenvalue weighted by molar-refractivity contribution is 9.10. The van der Waals surface area contributed by atoms with Gasteiger partial charge in [0.15, 0.2) is 0 Å². The predicted molar refractivity (Wildman–Crippen MR) is 149 cm³/mol. The van der Waals surface area contributed by atoms with Crippen LogP contribution in [0, 0.1) is 13.8 Å². The highest BCUT2D eigenvalue weighted by Gasteiger charge is 2.34. The number of fused-ring (bicyclic) bond motifs is 1. The Labute approximate surface area is 231 Å². The van der Waals surface area contributed by atoms with Gasteiger partial charge in [-0.2, -0.15) is 4.31 Å². The first kappa shape index (κ1) is 26.4. The second-order valence-corrected chi connectivity index (χ2v) is 12.8. The van der Waals surface area contributed by atoms with Crippen molar-refractivity contribution in [3.05, 3.63) is 68.3 Å². The summed E-state index contributed by atoms with van der Waals surface area (Å²) in [7, 11) is -3.99. The van der Waals surface area contributed by atoms with Crippen LogP contribution in [0.1, 0.15) is 10.4 Å². The minimum Gasteiger partial charge on any atom is -0.338 e. The number of thiophene rings is 1. The second-order valence-electron chi connectivity index (χ2n) is 8.79. The number of carbonyl (C=O) groups excluding carboxylic acids is 1. The lowest BCUT2D eigenvalue weighted by Gasteiger charge is -2.33. The van der Waals surface area contributed by atoms with Gasteiger partial charge in [0, 0.05) is 53.6 Å². The first-order chi connectivity index (χ1) is 18.1. The molecule has 1 fully saturated rings. The Morgan fingerprint density at radius 1 is 1.11 bits per heavy atom. The van der Waals surface area contributed by atoms with Crippen LogP contribution >= 0.6 is 27.3 Å². The molecule has 0 aliphatic carbocycles. The van der Waals surface area contributed by atoms with Crippen LogP contribution in [-0.2, 0) is 21.4 Å². The largest absolute Gasteiger partial charge is 0.338 e. The monoisotopic (exact) mass is 617 g/mol. The molecule has 1 N–H and O–H groups in total. The van der Waals surface area contributed by atoms with E-state index in [-0.39, 0.29) is 29.9 Å². The van der Waals surface area contributed by atoms with Crippen LogP contribution in [0.2, 0.25) is 0 Å². The maximum Gasteiger partial charge on any atom is 0.263 e. The first-order valence-electron chi connectivity index (χ1n) is 11.7. The van der Waals surface area contributed by atoms with Crippen LogP contribution in [0.3, 0.4) is 0 Å². The molecule has 0 bridgehead atoms. The molecule has 1 aliphatic heterocycles. The van der Waals surface area contributed by atoms with Crippen LogP contribution in [0.15, 0.2) is 57.1 Å². The van der Waals surface area contributed by atoms with E-state index in [0.717, 1.165) is 25.9 Å². The smallest absolute Gasteiger partial charge is 0.263 e. The van der Waals surface area contributed by atoms with E-state index < -0.39 is 21.5 Å². The lowest BCUT2D eigenvalue weighted by molar-refractivity contribution is -0.116. The Bertz CT molecular complexity index is 1680. The van der Waals surface area contributed by atoms with Gasteiger partial charge in [0.1, 0.15) is 16.3 Å². The summed E-state index contributed by atoms with van der Waals surface area (Å²) < 4.78 is 30.9. The fourth-order valence-electron chi connectivity index (χ4n) is 4.36. The molecule has 0 atom stereocenters. The molecule has 0 spiro atoms. The average molecular weight is 619 g/mol. The van der Waals surface area contributed by atoms with Crippen molar-refractivity contribution in [1.29, 1.82) is 0 Å². The number of sulfonamides is 1. The van der Waals surface area contributed by atoms with Gasteiger partial charge in [-0.05, 0) is 43.7 Å². The zero-order valence-corrected chi connectivity index (χ0v) is 23.8. The van der Waals surface area contributed by atoms with E-state index in [1.54, 1.807) is 37.5 Å². The van der Waals surface area contributed by atoms with Crippen LogP contribution in [0.4, 0.5) is 11.6 Å². The van der Waals surface area contributed by atoms with Crippen molar-refractivity contribution in [3.8, 4) is 0 Å². The molecule has 38 heavy (non-hydrogen) atoms. The summed E-state index contributed by atoms with van der Waals surface area (Å²) in [6.07, 6.45) is 4.57. The summed E-state index contributed by atoms with van der Waals surface area (Å²) in [6, 6.07) is 7.16. The zero-order chi connectivity index (χ0) is 27.0. The van der Waals surface area contributed by atoms with Gasteiger partial charge in [-0.15, -0.1) is 11.3 Å². The number of nitrogens with zero attached hydrogens (tertiary/aromatic N) is 6. The highest BCUT2D eigenvalue weighted by atomic mass is 79.9. The van der Waals surface area contributed by atoms with Gasteiger partial charge in [0.05, 0.1) is 11.7 Å². The number of halogens is 1. The average Bonchev–Trinajstić information content (AvgIpc) is 3.25. The minimum atomic E-state index is -3.99. The van der Waals surface area contributed by atoms with Gasteiger partial charge in [-0.1, -0.05) is 15.9 Å². The molecule has 0 unspecified atom stereocenters. The van der Waals surface area contributed by atoms with Crippen LogP contribution in [-0.4, -0.2) is 64.3 Å². The summed E-state index contributed by atoms with van der Waals surface area (Å²) in [5.41, 5.74) is 0.904. The van der Waals surface area contributed by atoms with Gasteiger partial charge in [-0.25, -0.2) is 23.4 Å². The quantitative estimate of drug-likeness (QED) is 0.349. The van der Waals surface area contributed by atoms with Crippen molar-refractivity contribution in [2.75, 3.05) is 36.4 Å². The number of hydrogen-bond acceptors (Lipinski definition) is 9. The Morgan fingerprint density at radius 2 is 1.82 bits per heavy atom. The zero-order valence-electron chi connectivity index (χ0n) is 20.6. The van der Waals surface area contributed by atoms with Crippen molar-refractivity contribution in [2.24, 2.45) is 0 Å². The van der Waals surface area contributed by atoms with Crippen molar-refractivity contribution < 1.29 is 13.2 Å². The third kappa shape index (κ3) is 5.08. The molecule has 1 aromatic carbocycles. The molecule has 0 radical (unpaired) electrons. The Hall–Kier alpha value is -3.20. The van der Waals surface area contributed by atoms with Gasteiger partial charge in [0.25, 0.3) is 5.56 Å². The number of aryl methyl sites for hydroxylation is 2. The molecule has 0 saturated carbocycles. The van der Waals surface area contributed by atoms with Crippen LogP contribution in [0.25, 0.3) is 10.2 Å². The first-order valence-corrected chi connectivity index (χ1v) is 14.8. The van der Waals surface area contributed by atoms with E-state index in [4.69, 9.17) is 0 Å². The van der Waals surface area contributed by atoms with E-state index in [0.29, 0.717) is 34.4 Å². The van der Waals surface area contributed by atoms with Crippen LogP contribution < -0.4 is 15.8 Å². The summed E-state index contributed by atoms with van der Waals surface area (Å²) >= 11 is 4.54. The lowest BCUT2D eigenvalue weighted by Crippen LogP contribution is -2.49. The highest BCUT2D eigenvalue weighted by Crippen LogP contribution is 2.33.